The van der Waals surface area contributed by atoms with E-state index in [-0.39, 0.29) is 10.8 Å². The first kappa shape index (κ1) is 37.1. The number of hydrogen-bond donors (Lipinski definition) is 0. The number of anilines is 2. The number of benzene rings is 8. The molecule has 0 atom stereocenters. The molecule has 3 aliphatic rings. The molecule has 1 nitrogen and oxygen atoms in total. The van der Waals surface area contributed by atoms with Crippen molar-refractivity contribution in [3.63, 3.8) is 0 Å². The van der Waals surface area contributed by atoms with E-state index >= 15 is 0 Å². The lowest BCUT2D eigenvalue weighted by Gasteiger charge is -2.30. The third-order valence-electron chi connectivity index (χ3n) is 13.8. The number of rotatable bonds is 7. The molecule has 0 aliphatic heterocycles. The van der Waals surface area contributed by atoms with Gasteiger partial charge in [-0.3, -0.25) is 0 Å². The summed E-state index contributed by atoms with van der Waals surface area (Å²) in [5, 5.41) is 0. The van der Waals surface area contributed by atoms with Gasteiger partial charge in [-0.1, -0.05) is 185 Å². The third kappa shape index (κ3) is 6.22. The van der Waals surface area contributed by atoms with Crippen LogP contribution >= 0.6 is 0 Å². The molecule has 8 aromatic rings. The first-order valence-corrected chi connectivity index (χ1v) is 21.8. The summed E-state index contributed by atoms with van der Waals surface area (Å²) in [5.74, 6) is 0. The molecule has 0 amide bonds. The Morgan fingerprint density at radius 1 is 0.361 bits per heavy atom. The number of hydrogen-bond acceptors (Lipinski definition) is 1. The zero-order chi connectivity index (χ0) is 41.3. The minimum absolute atomic E-state index is 0.0228. The first-order chi connectivity index (χ1) is 29.7. The van der Waals surface area contributed by atoms with Crippen LogP contribution < -0.4 is 4.90 Å². The molecule has 0 radical (unpaired) electrons. The van der Waals surface area contributed by atoms with Crippen molar-refractivity contribution in [2.75, 3.05) is 4.90 Å². The Morgan fingerprint density at radius 2 is 0.770 bits per heavy atom. The van der Waals surface area contributed by atoms with Gasteiger partial charge < -0.3 is 4.90 Å². The molecule has 0 bridgehead atoms. The molecule has 0 saturated carbocycles. The van der Waals surface area contributed by atoms with Crippen LogP contribution in [0.15, 0.2) is 206 Å². The van der Waals surface area contributed by atoms with E-state index in [2.05, 4.69) is 233 Å². The Bertz CT molecular complexity index is 3030. The fourth-order valence-corrected chi connectivity index (χ4v) is 10.3. The summed E-state index contributed by atoms with van der Waals surface area (Å²) in [4.78, 5) is 2.48. The van der Waals surface area contributed by atoms with Crippen molar-refractivity contribution < 1.29 is 0 Å². The lowest BCUT2D eigenvalue weighted by molar-refractivity contribution is 0.660. The fraction of sp³-hybridized carbons (Fsp3) is 0.133. The molecule has 8 aromatic carbocycles. The van der Waals surface area contributed by atoms with Crippen molar-refractivity contribution in [2.45, 2.75) is 51.4 Å². The molecule has 3 aliphatic carbocycles. The fourth-order valence-electron chi connectivity index (χ4n) is 10.3. The van der Waals surface area contributed by atoms with Gasteiger partial charge in [0.05, 0.1) is 0 Å². The highest BCUT2D eigenvalue weighted by Gasteiger charge is 2.37. The van der Waals surface area contributed by atoms with Crippen LogP contribution in [0.2, 0.25) is 0 Å². The van der Waals surface area contributed by atoms with E-state index in [1.807, 2.05) is 0 Å². The van der Waals surface area contributed by atoms with Crippen LogP contribution in [0.3, 0.4) is 0 Å². The van der Waals surface area contributed by atoms with Gasteiger partial charge in [-0.05, 0) is 144 Å². The van der Waals surface area contributed by atoms with Crippen LogP contribution in [-0.4, -0.2) is 0 Å². The largest absolute Gasteiger partial charge is 0.314 e. The standard InChI is InChI=1S/C60H49N/c1-59(2)55-18-12-11-17-51(55)52-34-29-47(37-56(52)59)45-27-31-49(32-28-45)61(48-15-9-6-10-16-48)50-33-36-54-53-35-30-46(38-57(53)60(3,4)58(54)39-50)44-25-23-43(24-26-44)42-21-19-41(20-22-42)40-13-7-5-8-14-40/h5-9,11-15,17-39H,10,16H2,1-4H3. The van der Waals surface area contributed by atoms with Gasteiger partial charge in [-0.15, -0.1) is 0 Å². The minimum Gasteiger partial charge on any atom is -0.314 e. The highest BCUT2D eigenvalue weighted by atomic mass is 15.1. The topological polar surface area (TPSA) is 3.24 Å². The summed E-state index contributed by atoms with van der Waals surface area (Å²) in [6, 6.07) is 67.9. The maximum Gasteiger partial charge on any atom is 0.0461 e. The van der Waals surface area contributed by atoms with Crippen LogP contribution in [0.5, 0.6) is 0 Å². The normalized spacial score (nSPS) is 15.0. The molecule has 61 heavy (non-hydrogen) atoms. The van der Waals surface area contributed by atoms with E-state index in [4.69, 9.17) is 0 Å². The van der Waals surface area contributed by atoms with Gasteiger partial charge in [-0.2, -0.15) is 0 Å². The lowest BCUT2D eigenvalue weighted by Crippen LogP contribution is -2.19. The molecule has 0 spiro atoms. The van der Waals surface area contributed by atoms with Crippen molar-refractivity contribution in [1.82, 2.24) is 0 Å². The molecule has 0 aromatic heterocycles. The highest BCUT2D eigenvalue weighted by molar-refractivity contribution is 5.87. The average molecular weight is 784 g/mol. The van der Waals surface area contributed by atoms with Crippen LogP contribution in [0.1, 0.15) is 62.8 Å². The van der Waals surface area contributed by atoms with Crippen molar-refractivity contribution >= 4 is 11.4 Å². The van der Waals surface area contributed by atoms with E-state index in [1.54, 1.807) is 0 Å². The Balaban J connectivity index is 0.882. The summed E-state index contributed by atoms with van der Waals surface area (Å²) in [7, 11) is 0. The molecule has 0 saturated heterocycles. The Morgan fingerprint density at radius 3 is 1.33 bits per heavy atom. The van der Waals surface area contributed by atoms with Gasteiger partial charge in [0, 0.05) is 27.9 Å². The molecule has 1 heteroatoms. The summed E-state index contributed by atoms with van der Waals surface area (Å²) >= 11 is 0. The summed E-state index contributed by atoms with van der Waals surface area (Å²) in [6.07, 6.45) is 8.82. The third-order valence-corrected chi connectivity index (χ3v) is 13.8. The number of allylic oxidation sites excluding steroid dienone is 4. The van der Waals surface area contributed by atoms with Gasteiger partial charge in [-0.25, -0.2) is 0 Å². The van der Waals surface area contributed by atoms with E-state index in [1.165, 1.54) is 106 Å². The van der Waals surface area contributed by atoms with Crippen LogP contribution in [-0.2, 0) is 10.8 Å². The second kappa shape index (κ2) is 14.4. The predicted octanol–water partition coefficient (Wildman–Crippen LogP) is 16.3. The van der Waals surface area contributed by atoms with Gasteiger partial charge in [0.2, 0.25) is 0 Å². The van der Waals surface area contributed by atoms with Crippen molar-refractivity contribution in [3.8, 4) is 66.8 Å². The lowest BCUT2D eigenvalue weighted by atomic mass is 9.81. The van der Waals surface area contributed by atoms with Crippen molar-refractivity contribution in [1.29, 1.82) is 0 Å². The van der Waals surface area contributed by atoms with E-state index in [0.29, 0.717) is 0 Å². The van der Waals surface area contributed by atoms with Gasteiger partial charge in [0.25, 0.3) is 0 Å². The van der Waals surface area contributed by atoms with Crippen LogP contribution in [0.4, 0.5) is 11.4 Å². The van der Waals surface area contributed by atoms with E-state index < -0.39 is 0 Å². The predicted molar refractivity (Wildman–Crippen MR) is 258 cm³/mol. The Kier molecular flexibility index (Phi) is 8.72. The monoisotopic (exact) mass is 783 g/mol. The Hall–Kier alpha value is -6.96. The zero-order valence-corrected chi connectivity index (χ0v) is 35.4. The van der Waals surface area contributed by atoms with Gasteiger partial charge >= 0.3 is 0 Å². The number of fused-ring (bicyclic) bond motifs is 6. The summed E-state index contributed by atoms with van der Waals surface area (Å²) < 4.78 is 0. The molecule has 0 unspecified atom stereocenters. The maximum absolute atomic E-state index is 2.48. The summed E-state index contributed by atoms with van der Waals surface area (Å²) in [6.45, 7) is 9.50. The average Bonchev–Trinajstić information content (AvgIpc) is 3.68. The molecule has 0 N–H and O–H groups in total. The summed E-state index contributed by atoms with van der Waals surface area (Å²) in [5.41, 5.74) is 24.4. The molecule has 11 rings (SSSR count). The molecular weight excluding hydrogens is 735 g/mol. The SMILES string of the molecule is CC1(C)c2ccccc2-c2ccc(-c3ccc(N(C4=CC=CCC4)c4ccc5c(c4)C(C)(C)c4cc(-c6ccc(-c7ccc(-c8ccccc8)cc7)cc6)ccc4-5)cc3)cc21. The Labute approximate surface area is 361 Å². The van der Waals surface area contributed by atoms with Crippen LogP contribution in [0, 0.1) is 0 Å². The second-order valence-corrected chi connectivity index (χ2v) is 18.1. The van der Waals surface area contributed by atoms with Crippen molar-refractivity contribution in [2.24, 2.45) is 0 Å². The van der Waals surface area contributed by atoms with Crippen LogP contribution in [0.25, 0.3) is 66.8 Å². The first-order valence-electron chi connectivity index (χ1n) is 21.8. The second-order valence-electron chi connectivity index (χ2n) is 18.1. The molecule has 0 fully saturated rings. The van der Waals surface area contributed by atoms with E-state index in [0.717, 1.165) is 12.8 Å². The highest BCUT2D eigenvalue weighted by Crippen LogP contribution is 2.52. The quantitative estimate of drug-likeness (QED) is 0.156. The maximum atomic E-state index is 2.48. The van der Waals surface area contributed by atoms with Gasteiger partial charge in [0.15, 0.2) is 0 Å². The molecular formula is C60H49N. The molecule has 0 heterocycles. The van der Waals surface area contributed by atoms with Gasteiger partial charge in [0.1, 0.15) is 0 Å². The molecule has 294 valence electrons. The van der Waals surface area contributed by atoms with E-state index in [9.17, 15) is 0 Å². The number of nitrogens with zero attached hydrogens (tertiary/aromatic N) is 1. The smallest absolute Gasteiger partial charge is 0.0461 e. The van der Waals surface area contributed by atoms with Crippen molar-refractivity contribution in [3.05, 3.63) is 228 Å². The zero-order valence-electron chi connectivity index (χ0n) is 35.4. The minimum atomic E-state index is -0.158.